The number of imidazole rings is 1. The molecular weight excluding hydrogens is 350 g/mol. The van der Waals surface area contributed by atoms with E-state index in [0.29, 0.717) is 12.4 Å². The summed E-state index contributed by atoms with van der Waals surface area (Å²) >= 11 is -0.806. The topological polar surface area (TPSA) is 71.4 Å². The lowest BCUT2D eigenvalue weighted by atomic mass is 10.1. The summed E-state index contributed by atoms with van der Waals surface area (Å²) in [7, 11) is 1.65. The Morgan fingerprint density at radius 3 is 3.00 bits per heavy atom. The zero-order valence-corrected chi connectivity index (χ0v) is 16.3. The lowest BCUT2D eigenvalue weighted by Crippen LogP contribution is -2.27. The molecule has 0 radical (unpaired) electrons. The van der Waals surface area contributed by atoms with Crippen molar-refractivity contribution in [2.75, 3.05) is 31.8 Å². The van der Waals surface area contributed by atoms with Gasteiger partial charge in [-0.2, -0.15) is 0 Å². The van der Waals surface area contributed by atoms with Crippen molar-refractivity contribution in [3.63, 3.8) is 0 Å². The maximum atomic E-state index is 11.8. The van der Waals surface area contributed by atoms with Crippen LogP contribution in [0.1, 0.15) is 25.6 Å². The highest BCUT2D eigenvalue weighted by Crippen LogP contribution is 2.33. The molecule has 1 aliphatic heterocycles. The molecule has 0 amide bonds. The number of rotatable bonds is 9. The van der Waals surface area contributed by atoms with Crippen LogP contribution in [0.4, 0.5) is 0 Å². The second-order valence-electron chi connectivity index (χ2n) is 6.32. The van der Waals surface area contributed by atoms with Crippen molar-refractivity contribution in [1.29, 1.82) is 0 Å². The second kappa shape index (κ2) is 9.30. The van der Waals surface area contributed by atoms with Crippen LogP contribution >= 0.6 is 0 Å². The molecule has 0 spiro atoms. The quantitative estimate of drug-likeness (QED) is 0.680. The Labute approximate surface area is 158 Å². The standard InChI is InChI=1S/C19H27N3O3S/c1-3-4-10-26(23)11-9-25-15-5-6-16(18(12-15)24-2)17-14-22-8-7-20-13-19(22)21-17/h5-6,12,14,20H,3-4,7-11,13H2,1-2H3. The minimum Gasteiger partial charge on any atom is -0.616 e. The van der Waals surface area contributed by atoms with Gasteiger partial charge in [-0.1, -0.05) is 24.5 Å². The zero-order valence-electron chi connectivity index (χ0n) is 15.5. The lowest BCUT2D eigenvalue weighted by molar-refractivity contribution is 0.337. The number of benzene rings is 1. The molecular formula is C19H27N3O3S. The van der Waals surface area contributed by atoms with Crippen LogP contribution in [0.2, 0.25) is 0 Å². The van der Waals surface area contributed by atoms with E-state index in [2.05, 4.69) is 23.0 Å². The Kier molecular flexibility index (Phi) is 6.82. The summed E-state index contributed by atoms with van der Waals surface area (Å²) in [5.74, 6) is 3.82. The van der Waals surface area contributed by atoms with Gasteiger partial charge < -0.3 is 23.9 Å². The van der Waals surface area contributed by atoms with E-state index in [9.17, 15) is 4.55 Å². The van der Waals surface area contributed by atoms with E-state index in [0.717, 1.165) is 66.8 Å². The summed E-state index contributed by atoms with van der Waals surface area (Å²) in [6.07, 6.45) is 4.14. The predicted molar refractivity (Wildman–Crippen MR) is 104 cm³/mol. The Morgan fingerprint density at radius 2 is 2.23 bits per heavy atom. The van der Waals surface area contributed by atoms with Crippen molar-refractivity contribution in [3.05, 3.63) is 30.2 Å². The third-order valence-corrected chi connectivity index (χ3v) is 5.79. The fraction of sp³-hybridized carbons (Fsp3) is 0.526. The van der Waals surface area contributed by atoms with Gasteiger partial charge in [-0.3, -0.25) is 0 Å². The van der Waals surface area contributed by atoms with Gasteiger partial charge in [0.25, 0.3) is 0 Å². The highest BCUT2D eigenvalue weighted by Gasteiger charge is 2.16. The van der Waals surface area contributed by atoms with E-state index in [1.54, 1.807) is 7.11 Å². The van der Waals surface area contributed by atoms with Gasteiger partial charge in [0.05, 0.1) is 19.3 Å². The fourth-order valence-electron chi connectivity index (χ4n) is 2.95. The Balaban J connectivity index is 1.65. The summed E-state index contributed by atoms with van der Waals surface area (Å²) in [6.45, 7) is 5.24. The van der Waals surface area contributed by atoms with E-state index < -0.39 is 11.2 Å². The van der Waals surface area contributed by atoms with Crippen molar-refractivity contribution in [2.45, 2.75) is 32.9 Å². The van der Waals surface area contributed by atoms with E-state index in [-0.39, 0.29) is 0 Å². The van der Waals surface area contributed by atoms with Crippen LogP contribution in [0, 0.1) is 0 Å². The second-order valence-corrected chi connectivity index (χ2v) is 8.02. The van der Waals surface area contributed by atoms with E-state index in [1.165, 1.54) is 0 Å². The summed E-state index contributed by atoms with van der Waals surface area (Å²) in [4.78, 5) is 4.71. The number of fused-ring (bicyclic) bond motifs is 1. The molecule has 0 bridgehead atoms. The first-order valence-corrected chi connectivity index (χ1v) is 10.6. The monoisotopic (exact) mass is 377 g/mol. The molecule has 1 aromatic carbocycles. The van der Waals surface area contributed by atoms with Crippen LogP contribution < -0.4 is 14.8 Å². The smallest absolute Gasteiger partial charge is 0.139 e. The maximum absolute atomic E-state index is 11.8. The van der Waals surface area contributed by atoms with Crippen LogP contribution in [-0.4, -0.2) is 45.9 Å². The van der Waals surface area contributed by atoms with Gasteiger partial charge in [0.2, 0.25) is 0 Å². The number of methoxy groups -OCH3 is 1. The summed E-state index contributed by atoms with van der Waals surface area (Å²) in [6, 6.07) is 5.77. The van der Waals surface area contributed by atoms with Gasteiger partial charge >= 0.3 is 0 Å². The minimum absolute atomic E-state index is 0.448. The van der Waals surface area contributed by atoms with Crippen LogP contribution in [0.25, 0.3) is 11.3 Å². The average Bonchev–Trinajstić information content (AvgIpc) is 3.10. The van der Waals surface area contributed by atoms with Gasteiger partial charge in [-0.05, 0) is 18.6 Å². The fourth-order valence-corrected chi connectivity index (χ4v) is 4.04. The van der Waals surface area contributed by atoms with Gasteiger partial charge in [0.1, 0.15) is 35.4 Å². The van der Waals surface area contributed by atoms with Crippen molar-refractivity contribution >= 4 is 11.2 Å². The Morgan fingerprint density at radius 1 is 1.35 bits per heavy atom. The molecule has 1 atom stereocenters. The number of aromatic nitrogens is 2. The van der Waals surface area contributed by atoms with Crippen LogP contribution in [0.3, 0.4) is 0 Å². The third-order valence-electron chi connectivity index (χ3n) is 4.43. The molecule has 1 unspecified atom stereocenters. The molecule has 26 heavy (non-hydrogen) atoms. The van der Waals surface area contributed by atoms with Crippen LogP contribution in [0.5, 0.6) is 11.5 Å². The van der Waals surface area contributed by atoms with E-state index in [1.807, 2.05) is 18.2 Å². The van der Waals surface area contributed by atoms with Gasteiger partial charge in [0, 0.05) is 30.9 Å². The summed E-state index contributed by atoms with van der Waals surface area (Å²) in [5.41, 5.74) is 1.86. The Bertz CT molecular complexity index is 697. The summed E-state index contributed by atoms with van der Waals surface area (Å²) in [5, 5.41) is 3.33. The van der Waals surface area contributed by atoms with Crippen molar-refractivity contribution in [1.82, 2.24) is 14.9 Å². The first-order valence-electron chi connectivity index (χ1n) is 9.14. The first kappa shape index (κ1) is 19.1. The molecule has 1 N–H and O–H groups in total. The molecule has 7 heteroatoms. The SMILES string of the molecule is CCCC[S+]([O-])CCOc1ccc(-c2cn3c(n2)CNCC3)c(OC)c1. The molecule has 0 aliphatic carbocycles. The molecule has 0 fully saturated rings. The largest absolute Gasteiger partial charge is 0.616 e. The highest BCUT2D eigenvalue weighted by atomic mass is 32.2. The average molecular weight is 378 g/mol. The number of unbranched alkanes of at least 4 members (excludes halogenated alkanes) is 1. The van der Waals surface area contributed by atoms with Crippen molar-refractivity contribution in [2.24, 2.45) is 0 Å². The highest BCUT2D eigenvalue weighted by molar-refractivity contribution is 7.91. The third kappa shape index (κ3) is 4.72. The van der Waals surface area contributed by atoms with Crippen LogP contribution in [-0.2, 0) is 24.3 Å². The molecule has 1 aliphatic rings. The van der Waals surface area contributed by atoms with Crippen molar-refractivity contribution < 1.29 is 14.0 Å². The molecule has 2 heterocycles. The molecule has 1 aromatic heterocycles. The Hall–Kier alpha value is -1.70. The number of ether oxygens (including phenoxy) is 2. The van der Waals surface area contributed by atoms with Crippen molar-refractivity contribution in [3.8, 4) is 22.8 Å². The minimum atomic E-state index is -0.806. The van der Waals surface area contributed by atoms with Gasteiger partial charge in [-0.25, -0.2) is 4.98 Å². The van der Waals surface area contributed by atoms with Crippen LogP contribution in [0.15, 0.2) is 24.4 Å². The predicted octanol–water partition coefficient (Wildman–Crippen LogP) is 2.59. The number of hydrogen-bond donors (Lipinski definition) is 1. The normalized spacial score (nSPS) is 14.7. The lowest BCUT2D eigenvalue weighted by Gasteiger charge is -2.13. The number of hydrogen-bond acceptors (Lipinski definition) is 5. The summed E-state index contributed by atoms with van der Waals surface area (Å²) < 4.78 is 25.3. The number of nitrogens with one attached hydrogen (secondary N) is 1. The molecule has 0 saturated carbocycles. The molecule has 3 rings (SSSR count). The molecule has 142 valence electrons. The zero-order chi connectivity index (χ0) is 18.4. The van der Waals surface area contributed by atoms with E-state index in [4.69, 9.17) is 14.5 Å². The van der Waals surface area contributed by atoms with Gasteiger partial charge in [-0.15, -0.1) is 0 Å². The van der Waals surface area contributed by atoms with E-state index >= 15 is 0 Å². The molecule has 6 nitrogen and oxygen atoms in total. The first-order chi connectivity index (χ1) is 12.7. The molecule has 0 saturated heterocycles. The number of nitrogens with zero attached hydrogens (tertiary/aromatic N) is 2. The molecule has 2 aromatic rings. The maximum Gasteiger partial charge on any atom is 0.139 e. The van der Waals surface area contributed by atoms with Gasteiger partial charge in [0.15, 0.2) is 0 Å².